The molecule has 5 N–H and O–H groups in total. The molecule has 0 saturated carbocycles. The summed E-state index contributed by atoms with van der Waals surface area (Å²) in [6.07, 6.45) is 1.39. The van der Waals surface area contributed by atoms with E-state index in [0.29, 0.717) is 29.5 Å². The summed E-state index contributed by atoms with van der Waals surface area (Å²) in [4.78, 5) is 29.6. The van der Waals surface area contributed by atoms with Gasteiger partial charge >= 0.3 is 0 Å². The molecule has 0 aromatic carbocycles. The fourth-order valence-electron chi connectivity index (χ4n) is 2.15. The number of aromatic nitrogens is 1. The Morgan fingerprint density at radius 1 is 1.58 bits per heavy atom. The van der Waals surface area contributed by atoms with Crippen molar-refractivity contribution in [3.63, 3.8) is 0 Å². The number of carbonyl (C=O) groups excluding carboxylic acids is 2. The largest absolute Gasteiger partial charge is 0.382 e. The van der Waals surface area contributed by atoms with E-state index < -0.39 is 11.9 Å². The Labute approximate surface area is 115 Å². The van der Waals surface area contributed by atoms with E-state index in [1.807, 2.05) is 6.92 Å². The number of rotatable bonds is 4. The molecule has 1 aromatic heterocycles. The molecule has 19 heavy (non-hydrogen) atoms. The molecule has 0 radical (unpaired) electrons. The van der Waals surface area contributed by atoms with E-state index in [9.17, 15) is 9.59 Å². The van der Waals surface area contributed by atoms with Gasteiger partial charge in [-0.2, -0.15) is 0 Å². The number of hydrogen-bond donors (Lipinski definition) is 3. The van der Waals surface area contributed by atoms with Gasteiger partial charge in [0, 0.05) is 13.1 Å². The Morgan fingerprint density at radius 2 is 2.32 bits per heavy atom. The monoisotopic (exact) mass is 283 g/mol. The molecule has 2 heterocycles. The Hall–Kier alpha value is -1.83. The van der Waals surface area contributed by atoms with Crippen LogP contribution in [0.3, 0.4) is 0 Å². The number of anilines is 2. The lowest BCUT2D eigenvalue weighted by molar-refractivity contribution is -0.121. The van der Waals surface area contributed by atoms with E-state index in [4.69, 9.17) is 11.5 Å². The summed E-state index contributed by atoms with van der Waals surface area (Å²) in [5.41, 5.74) is 11.1. The van der Waals surface area contributed by atoms with Crippen molar-refractivity contribution in [2.45, 2.75) is 25.8 Å². The van der Waals surface area contributed by atoms with Crippen molar-refractivity contribution in [3.05, 3.63) is 4.88 Å². The molecule has 0 bridgehead atoms. The van der Waals surface area contributed by atoms with Crippen molar-refractivity contribution in [1.82, 2.24) is 9.88 Å². The molecule has 1 aliphatic rings. The van der Waals surface area contributed by atoms with Crippen molar-refractivity contribution in [1.29, 1.82) is 0 Å². The number of amides is 2. The van der Waals surface area contributed by atoms with E-state index in [2.05, 4.69) is 10.3 Å². The van der Waals surface area contributed by atoms with Crippen LogP contribution in [-0.2, 0) is 4.79 Å². The Balaban J connectivity index is 2.21. The van der Waals surface area contributed by atoms with Gasteiger partial charge in [0.1, 0.15) is 16.7 Å². The van der Waals surface area contributed by atoms with E-state index in [0.717, 1.165) is 6.42 Å². The number of carbonyl (C=O) groups is 2. The zero-order chi connectivity index (χ0) is 14.0. The van der Waals surface area contributed by atoms with E-state index in [1.54, 1.807) is 0 Å². The smallest absolute Gasteiger partial charge is 0.268 e. The number of nitrogens with two attached hydrogens (primary N) is 2. The third-order valence-electron chi connectivity index (χ3n) is 3.02. The van der Waals surface area contributed by atoms with Crippen LogP contribution in [0.25, 0.3) is 0 Å². The fraction of sp³-hybridized carbons (Fsp3) is 0.545. The van der Waals surface area contributed by atoms with Gasteiger partial charge in [-0.3, -0.25) is 9.59 Å². The lowest BCUT2D eigenvalue weighted by atomic mass is 10.2. The number of nitrogens with zero attached hydrogens (tertiary/aromatic N) is 2. The molecular weight excluding hydrogens is 266 g/mol. The molecule has 1 unspecified atom stereocenters. The summed E-state index contributed by atoms with van der Waals surface area (Å²) in [6.45, 7) is 3.16. The second-order valence-electron chi connectivity index (χ2n) is 4.32. The third kappa shape index (κ3) is 2.62. The van der Waals surface area contributed by atoms with Crippen LogP contribution >= 0.6 is 11.3 Å². The van der Waals surface area contributed by atoms with Crippen molar-refractivity contribution >= 4 is 34.1 Å². The summed E-state index contributed by atoms with van der Waals surface area (Å²) >= 11 is 1.20. The number of likely N-dealkylation sites (tertiary alicyclic amines) is 1. The van der Waals surface area contributed by atoms with Crippen molar-refractivity contribution in [2.24, 2.45) is 5.73 Å². The molecule has 1 aromatic rings. The number of hydrogen-bond acceptors (Lipinski definition) is 6. The standard InChI is InChI=1S/C11H17N5O2S/c1-2-14-11-15-8(12)7(19-11)10(18)16-5-3-4-6(16)9(13)17/h6H,2-5,12H2,1H3,(H2,13,17)(H,14,15). The Bertz CT molecular complexity index is 501. The molecule has 8 heteroatoms. The van der Waals surface area contributed by atoms with Gasteiger partial charge in [-0.05, 0) is 19.8 Å². The first-order valence-corrected chi connectivity index (χ1v) is 6.96. The maximum atomic E-state index is 12.4. The van der Waals surface area contributed by atoms with Crippen LogP contribution in [0.1, 0.15) is 29.4 Å². The average Bonchev–Trinajstić information content (AvgIpc) is 2.95. The zero-order valence-electron chi connectivity index (χ0n) is 10.7. The maximum Gasteiger partial charge on any atom is 0.268 e. The maximum absolute atomic E-state index is 12.4. The molecule has 1 saturated heterocycles. The number of nitrogen functional groups attached to an aromatic ring is 1. The molecule has 0 spiro atoms. The first-order chi connectivity index (χ1) is 9.04. The lowest BCUT2D eigenvalue weighted by Gasteiger charge is -2.21. The molecule has 1 atom stereocenters. The molecule has 1 fully saturated rings. The van der Waals surface area contributed by atoms with Crippen LogP contribution in [0.5, 0.6) is 0 Å². The van der Waals surface area contributed by atoms with Crippen LogP contribution in [0.2, 0.25) is 0 Å². The summed E-state index contributed by atoms with van der Waals surface area (Å²) in [7, 11) is 0. The molecule has 2 amide bonds. The first kappa shape index (κ1) is 13.6. The van der Waals surface area contributed by atoms with Gasteiger partial charge in [-0.1, -0.05) is 11.3 Å². The van der Waals surface area contributed by atoms with Gasteiger partial charge in [-0.15, -0.1) is 0 Å². The van der Waals surface area contributed by atoms with Crippen molar-refractivity contribution in [3.8, 4) is 0 Å². The zero-order valence-corrected chi connectivity index (χ0v) is 11.5. The summed E-state index contributed by atoms with van der Waals surface area (Å²) < 4.78 is 0. The number of primary amides is 1. The van der Waals surface area contributed by atoms with Gasteiger partial charge in [0.05, 0.1) is 0 Å². The molecular formula is C11H17N5O2S. The molecule has 7 nitrogen and oxygen atoms in total. The predicted molar refractivity (Wildman–Crippen MR) is 73.9 cm³/mol. The van der Waals surface area contributed by atoms with Crippen molar-refractivity contribution in [2.75, 3.05) is 24.1 Å². The molecule has 0 aliphatic carbocycles. The highest BCUT2D eigenvalue weighted by molar-refractivity contribution is 7.18. The molecule has 1 aliphatic heterocycles. The predicted octanol–water partition coefficient (Wildman–Crippen LogP) is 0.247. The van der Waals surface area contributed by atoms with Gasteiger partial charge in [-0.25, -0.2) is 4.98 Å². The van der Waals surface area contributed by atoms with E-state index >= 15 is 0 Å². The third-order valence-corrected chi connectivity index (χ3v) is 4.03. The Morgan fingerprint density at radius 3 is 2.95 bits per heavy atom. The summed E-state index contributed by atoms with van der Waals surface area (Å²) in [5.74, 6) is -0.539. The minimum Gasteiger partial charge on any atom is -0.382 e. The Kier molecular flexibility index (Phi) is 3.89. The fourth-order valence-corrected chi connectivity index (χ4v) is 3.06. The van der Waals surface area contributed by atoms with Crippen LogP contribution < -0.4 is 16.8 Å². The topological polar surface area (TPSA) is 114 Å². The van der Waals surface area contributed by atoms with Crippen LogP contribution in [0.15, 0.2) is 0 Å². The van der Waals surface area contributed by atoms with E-state index in [1.165, 1.54) is 16.2 Å². The first-order valence-electron chi connectivity index (χ1n) is 6.15. The minimum atomic E-state index is -0.531. The molecule has 2 rings (SSSR count). The lowest BCUT2D eigenvalue weighted by Crippen LogP contribution is -2.43. The highest BCUT2D eigenvalue weighted by Crippen LogP contribution is 2.29. The highest BCUT2D eigenvalue weighted by atomic mass is 32.1. The average molecular weight is 283 g/mol. The van der Waals surface area contributed by atoms with Gasteiger partial charge in [0.25, 0.3) is 5.91 Å². The number of nitrogens with one attached hydrogen (secondary N) is 1. The van der Waals surface area contributed by atoms with Crippen LogP contribution in [0, 0.1) is 0 Å². The summed E-state index contributed by atoms with van der Waals surface area (Å²) in [5, 5.41) is 3.62. The van der Waals surface area contributed by atoms with Crippen molar-refractivity contribution < 1.29 is 9.59 Å². The van der Waals surface area contributed by atoms with Crippen LogP contribution in [0.4, 0.5) is 10.9 Å². The highest BCUT2D eigenvalue weighted by Gasteiger charge is 2.34. The normalized spacial score (nSPS) is 18.6. The SMILES string of the molecule is CCNc1nc(N)c(C(=O)N2CCCC2C(N)=O)s1. The quantitative estimate of drug-likeness (QED) is 0.732. The van der Waals surface area contributed by atoms with Gasteiger partial charge < -0.3 is 21.7 Å². The second kappa shape index (κ2) is 5.43. The van der Waals surface area contributed by atoms with E-state index in [-0.39, 0.29) is 11.7 Å². The molecule has 104 valence electrons. The van der Waals surface area contributed by atoms with Gasteiger partial charge in [0.15, 0.2) is 5.13 Å². The second-order valence-corrected chi connectivity index (χ2v) is 5.32. The summed E-state index contributed by atoms with van der Waals surface area (Å²) in [6, 6.07) is -0.531. The number of thiazole rings is 1. The van der Waals surface area contributed by atoms with Gasteiger partial charge in [0.2, 0.25) is 5.91 Å². The van der Waals surface area contributed by atoms with Crippen LogP contribution in [-0.4, -0.2) is 40.8 Å². The minimum absolute atomic E-state index is 0.195.